The molecule has 1 rings (SSSR count). The Morgan fingerprint density at radius 1 is 1.45 bits per heavy atom. The van der Waals surface area contributed by atoms with Crippen molar-refractivity contribution in [2.75, 3.05) is 11.9 Å². The summed E-state index contributed by atoms with van der Waals surface area (Å²) in [5.41, 5.74) is -0.0888. The van der Waals surface area contributed by atoms with Gasteiger partial charge in [-0.1, -0.05) is 31.9 Å². The summed E-state index contributed by atoms with van der Waals surface area (Å²) in [6, 6.07) is 1.97. The number of phenols is 1. The van der Waals surface area contributed by atoms with Crippen molar-refractivity contribution in [1.82, 2.24) is 5.32 Å². The van der Waals surface area contributed by atoms with Crippen LogP contribution in [-0.4, -0.2) is 26.1 Å². The number of sulfonamides is 1. The van der Waals surface area contributed by atoms with Crippen LogP contribution in [0.2, 0.25) is 5.02 Å². The molecule has 7 nitrogen and oxygen atoms in total. The molecule has 124 valence electrons. The van der Waals surface area contributed by atoms with E-state index in [0.29, 0.717) is 12.5 Å². The highest BCUT2D eigenvalue weighted by atomic mass is 35.5. The number of urea groups is 1. The van der Waals surface area contributed by atoms with Gasteiger partial charge >= 0.3 is 6.03 Å². The van der Waals surface area contributed by atoms with Crippen molar-refractivity contribution in [3.8, 4) is 5.75 Å². The molecular weight excluding hydrogens is 330 g/mol. The number of nitrogens with one attached hydrogen (secondary N) is 2. The lowest BCUT2D eigenvalue weighted by Crippen LogP contribution is -2.32. The van der Waals surface area contributed by atoms with E-state index in [1.165, 1.54) is 12.1 Å². The van der Waals surface area contributed by atoms with Crippen LogP contribution in [0, 0.1) is 5.92 Å². The Labute approximate surface area is 134 Å². The number of nitrogens with two attached hydrogens (primary N) is 1. The van der Waals surface area contributed by atoms with E-state index in [4.69, 9.17) is 16.7 Å². The Morgan fingerprint density at radius 2 is 2.09 bits per heavy atom. The van der Waals surface area contributed by atoms with E-state index in [9.17, 15) is 18.3 Å². The monoisotopic (exact) mass is 349 g/mol. The lowest BCUT2D eigenvalue weighted by atomic mass is 10.1. The second-order valence-corrected chi connectivity index (χ2v) is 6.95. The quantitative estimate of drug-likeness (QED) is 0.588. The summed E-state index contributed by atoms with van der Waals surface area (Å²) in [4.78, 5) is 11.2. The Bertz CT molecular complexity index is 649. The average Bonchev–Trinajstić information content (AvgIpc) is 2.39. The Morgan fingerprint density at radius 3 is 2.64 bits per heavy atom. The van der Waals surface area contributed by atoms with Gasteiger partial charge in [-0.3, -0.25) is 0 Å². The number of rotatable bonds is 6. The molecule has 1 aromatic carbocycles. The topological polar surface area (TPSA) is 122 Å². The lowest BCUT2D eigenvalue weighted by Gasteiger charge is -2.14. The zero-order valence-corrected chi connectivity index (χ0v) is 14.0. The standard InChI is InChI=1S/C13H20ClN3O4S/c1-3-4-8(2)7-16-13(19)17-10-6-5-9(14)12(11(10)18)22(15,20)21/h5-6,8,18H,3-4,7H2,1-2H3,(H2,15,20,21)(H2,16,17,19). The Hall–Kier alpha value is -1.51. The molecule has 22 heavy (non-hydrogen) atoms. The van der Waals surface area contributed by atoms with E-state index < -0.39 is 26.7 Å². The van der Waals surface area contributed by atoms with Gasteiger partial charge in [0.15, 0.2) is 5.75 Å². The molecule has 1 aromatic rings. The molecule has 0 aliphatic rings. The molecule has 0 saturated heterocycles. The van der Waals surface area contributed by atoms with Crippen LogP contribution in [0.5, 0.6) is 5.75 Å². The molecule has 0 bridgehead atoms. The minimum Gasteiger partial charge on any atom is -0.504 e. The molecule has 0 aromatic heterocycles. The fourth-order valence-corrected chi connectivity index (χ4v) is 3.14. The predicted octanol–water partition coefficient (Wildman–Crippen LogP) is 2.25. The number of hydrogen-bond acceptors (Lipinski definition) is 4. The van der Waals surface area contributed by atoms with E-state index in [2.05, 4.69) is 17.6 Å². The van der Waals surface area contributed by atoms with Gasteiger partial charge in [0.05, 0.1) is 10.7 Å². The van der Waals surface area contributed by atoms with E-state index in [1.807, 2.05) is 6.92 Å². The van der Waals surface area contributed by atoms with Crippen molar-refractivity contribution in [1.29, 1.82) is 0 Å². The van der Waals surface area contributed by atoms with Gasteiger partial charge in [-0.25, -0.2) is 18.4 Å². The third kappa shape index (κ3) is 5.04. The first-order valence-corrected chi connectivity index (χ1v) is 8.68. The van der Waals surface area contributed by atoms with Gasteiger partial charge in [-0.05, 0) is 24.5 Å². The maximum absolute atomic E-state index is 11.8. The molecule has 0 radical (unpaired) electrons. The lowest BCUT2D eigenvalue weighted by molar-refractivity contribution is 0.250. The van der Waals surface area contributed by atoms with Crippen molar-refractivity contribution in [2.45, 2.75) is 31.6 Å². The number of aromatic hydroxyl groups is 1. The number of hydrogen-bond donors (Lipinski definition) is 4. The third-order valence-electron chi connectivity index (χ3n) is 3.01. The molecule has 0 saturated carbocycles. The SMILES string of the molecule is CCCC(C)CNC(=O)Nc1ccc(Cl)c(S(N)(=O)=O)c1O. The van der Waals surface area contributed by atoms with Crippen LogP contribution in [0.3, 0.4) is 0 Å². The zero-order valence-electron chi connectivity index (χ0n) is 12.4. The number of amides is 2. The van der Waals surface area contributed by atoms with Gasteiger partial charge in [-0.15, -0.1) is 0 Å². The molecule has 0 spiro atoms. The highest BCUT2D eigenvalue weighted by molar-refractivity contribution is 7.89. The van der Waals surface area contributed by atoms with E-state index in [0.717, 1.165) is 12.8 Å². The second-order valence-electron chi connectivity index (χ2n) is 5.05. The van der Waals surface area contributed by atoms with Gasteiger partial charge in [0.1, 0.15) is 4.90 Å². The first kappa shape index (κ1) is 18.5. The fraction of sp³-hybridized carbons (Fsp3) is 0.462. The molecule has 2 amide bonds. The van der Waals surface area contributed by atoms with Crippen molar-refractivity contribution in [3.63, 3.8) is 0 Å². The highest BCUT2D eigenvalue weighted by Crippen LogP contribution is 2.35. The van der Waals surface area contributed by atoms with Crippen LogP contribution in [0.1, 0.15) is 26.7 Å². The fourth-order valence-electron chi connectivity index (χ4n) is 1.95. The Balaban J connectivity index is 2.85. The summed E-state index contributed by atoms with van der Waals surface area (Å²) < 4.78 is 22.8. The average molecular weight is 350 g/mol. The molecule has 0 aliphatic carbocycles. The molecule has 0 fully saturated rings. The van der Waals surface area contributed by atoms with Gasteiger partial charge in [-0.2, -0.15) is 0 Å². The number of carbonyl (C=O) groups is 1. The molecule has 0 heterocycles. The number of halogens is 1. The molecule has 1 atom stereocenters. The summed E-state index contributed by atoms with van der Waals surface area (Å²) in [6.45, 7) is 4.52. The number of phenolic OH excluding ortho intramolecular Hbond substituents is 1. The van der Waals surface area contributed by atoms with Crippen LogP contribution in [0.25, 0.3) is 0 Å². The summed E-state index contributed by atoms with van der Waals surface area (Å²) in [5, 5.41) is 19.7. The zero-order chi connectivity index (χ0) is 16.9. The summed E-state index contributed by atoms with van der Waals surface area (Å²) >= 11 is 5.71. The molecule has 9 heteroatoms. The van der Waals surface area contributed by atoms with Crippen molar-refractivity contribution in [3.05, 3.63) is 17.2 Å². The molecule has 5 N–H and O–H groups in total. The maximum Gasteiger partial charge on any atom is 0.319 e. The van der Waals surface area contributed by atoms with Crippen LogP contribution in [-0.2, 0) is 10.0 Å². The molecule has 0 aliphatic heterocycles. The third-order valence-corrected chi connectivity index (χ3v) is 4.42. The van der Waals surface area contributed by atoms with Crippen LogP contribution < -0.4 is 15.8 Å². The van der Waals surface area contributed by atoms with Gasteiger partial charge in [0.2, 0.25) is 10.0 Å². The van der Waals surface area contributed by atoms with Crippen LogP contribution >= 0.6 is 11.6 Å². The van der Waals surface area contributed by atoms with Gasteiger partial charge < -0.3 is 15.7 Å². The Kier molecular flexibility index (Phi) is 6.46. The summed E-state index contributed by atoms with van der Waals surface area (Å²) in [6.07, 6.45) is 1.99. The first-order valence-electron chi connectivity index (χ1n) is 6.76. The number of carbonyl (C=O) groups excluding carboxylic acids is 1. The van der Waals surface area contributed by atoms with Crippen LogP contribution in [0.4, 0.5) is 10.5 Å². The normalized spacial score (nSPS) is 12.7. The smallest absolute Gasteiger partial charge is 0.319 e. The minimum absolute atomic E-state index is 0.0888. The number of anilines is 1. The van der Waals surface area contributed by atoms with E-state index in [-0.39, 0.29) is 10.7 Å². The van der Waals surface area contributed by atoms with Crippen LogP contribution in [0.15, 0.2) is 17.0 Å². The van der Waals surface area contributed by atoms with Crippen molar-refractivity contribution >= 4 is 33.3 Å². The number of primary sulfonamides is 1. The van der Waals surface area contributed by atoms with E-state index in [1.54, 1.807) is 0 Å². The van der Waals surface area contributed by atoms with Gasteiger partial charge in [0.25, 0.3) is 0 Å². The molecular formula is C13H20ClN3O4S. The van der Waals surface area contributed by atoms with E-state index >= 15 is 0 Å². The highest BCUT2D eigenvalue weighted by Gasteiger charge is 2.22. The second kappa shape index (κ2) is 7.66. The summed E-state index contributed by atoms with van der Waals surface area (Å²) in [7, 11) is -4.21. The van der Waals surface area contributed by atoms with Crippen molar-refractivity contribution in [2.24, 2.45) is 11.1 Å². The first-order chi connectivity index (χ1) is 10.2. The molecule has 1 unspecified atom stereocenters. The minimum atomic E-state index is -4.21. The number of benzene rings is 1. The largest absolute Gasteiger partial charge is 0.504 e. The maximum atomic E-state index is 11.8. The van der Waals surface area contributed by atoms with Gasteiger partial charge in [0, 0.05) is 6.54 Å². The predicted molar refractivity (Wildman–Crippen MR) is 85.6 cm³/mol. The summed E-state index contributed by atoms with van der Waals surface area (Å²) in [5.74, 6) is -0.374. The van der Waals surface area contributed by atoms with Crippen molar-refractivity contribution < 1.29 is 18.3 Å².